The van der Waals surface area contributed by atoms with Crippen LogP contribution in [0.5, 0.6) is 0 Å². The third-order valence-electron chi connectivity index (χ3n) is 4.68. The largest absolute Gasteiger partial charge is 0.317 e. The Kier molecular flexibility index (Phi) is 5.27. The Morgan fingerprint density at radius 2 is 2.12 bits per heavy atom. The number of thiazole rings is 1. The maximum atomic E-state index is 12.3. The Balaban J connectivity index is 0.00000182. The van der Waals surface area contributed by atoms with Gasteiger partial charge in [0.25, 0.3) is 5.56 Å². The number of hydrogen-bond donors (Lipinski definition) is 2. The van der Waals surface area contributed by atoms with Gasteiger partial charge in [-0.15, -0.1) is 23.7 Å². The predicted octanol–water partition coefficient (Wildman–Crippen LogP) is 2.91. The van der Waals surface area contributed by atoms with Crippen molar-refractivity contribution in [2.24, 2.45) is 0 Å². The Bertz CT molecular complexity index is 938. The van der Waals surface area contributed by atoms with Crippen LogP contribution in [-0.4, -0.2) is 32.7 Å². The molecule has 4 heterocycles. The number of aromatic nitrogens is 4. The quantitative estimate of drug-likeness (QED) is 0.733. The molecular formula is C17H22ClN5OS. The Hall–Kier alpha value is -1.70. The number of halogens is 1. The van der Waals surface area contributed by atoms with Crippen molar-refractivity contribution in [1.29, 1.82) is 0 Å². The molecule has 3 aromatic heterocycles. The van der Waals surface area contributed by atoms with E-state index in [1.54, 1.807) is 17.4 Å². The van der Waals surface area contributed by atoms with E-state index < -0.39 is 0 Å². The van der Waals surface area contributed by atoms with Gasteiger partial charge in [0.05, 0.1) is 33.0 Å². The number of nitrogens with zero attached hydrogens (tertiary/aromatic N) is 3. The van der Waals surface area contributed by atoms with Gasteiger partial charge < -0.3 is 10.3 Å². The van der Waals surface area contributed by atoms with Crippen LogP contribution in [0.25, 0.3) is 16.1 Å². The summed E-state index contributed by atoms with van der Waals surface area (Å²) in [5.41, 5.74) is 3.71. The van der Waals surface area contributed by atoms with Gasteiger partial charge in [-0.2, -0.15) is 5.10 Å². The first-order valence-electron chi connectivity index (χ1n) is 8.45. The Morgan fingerprint density at radius 1 is 1.36 bits per heavy atom. The van der Waals surface area contributed by atoms with E-state index in [9.17, 15) is 4.79 Å². The van der Waals surface area contributed by atoms with Gasteiger partial charge in [-0.1, -0.05) is 6.92 Å². The van der Waals surface area contributed by atoms with Crippen LogP contribution in [0, 0.1) is 6.92 Å². The maximum Gasteiger partial charge on any atom is 0.251 e. The summed E-state index contributed by atoms with van der Waals surface area (Å²) in [6.07, 6.45) is 4.85. The summed E-state index contributed by atoms with van der Waals surface area (Å²) in [7, 11) is 0. The second-order valence-corrected chi connectivity index (χ2v) is 7.36. The first-order valence-corrected chi connectivity index (χ1v) is 9.27. The number of aromatic amines is 1. The Morgan fingerprint density at radius 3 is 2.80 bits per heavy atom. The zero-order valence-electron chi connectivity index (χ0n) is 14.3. The van der Waals surface area contributed by atoms with E-state index >= 15 is 0 Å². The Labute approximate surface area is 156 Å². The van der Waals surface area contributed by atoms with Crippen LogP contribution < -0.4 is 10.9 Å². The van der Waals surface area contributed by atoms with E-state index in [-0.39, 0.29) is 18.0 Å². The van der Waals surface area contributed by atoms with Crippen molar-refractivity contribution < 1.29 is 0 Å². The molecule has 0 aromatic carbocycles. The van der Waals surface area contributed by atoms with Gasteiger partial charge >= 0.3 is 0 Å². The molecule has 25 heavy (non-hydrogen) atoms. The van der Waals surface area contributed by atoms with Crippen molar-refractivity contribution in [2.75, 3.05) is 13.1 Å². The number of rotatable bonds is 3. The molecule has 0 unspecified atom stereocenters. The van der Waals surface area contributed by atoms with Crippen molar-refractivity contribution in [3.63, 3.8) is 0 Å². The highest BCUT2D eigenvalue weighted by molar-refractivity contribution is 7.15. The second kappa shape index (κ2) is 7.27. The lowest BCUT2D eigenvalue weighted by Gasteiger charge is -2.23. The molecule has 1 aliphatic rings. The summed E-state index contributed by atoms with van der Waals surface area (Å²) >= 11 is 1.68. The molecule has 0 radical (unpaired) electrons. The summed E-state index contributed by atoms with van der Waals surface area (Å²) in [5.74, 6) is 0.373. The van der Waals surface area contributed by atoms with Crippen LogP contribution in [-0.2, 0) is 6.42 Å². The minimum absolute atomic E-state index is 0. The van der Waals surface area contributed by atoms with E-state index in [0.717, 1.165) is 64.8 Å². The molecule has 134 valence electrons. The lowest BCUT2D eigenvalue weighted by atomic mass is 9.94. The zero-order chi connectivity index (χ0) is 16.7. The molecule has 4 rings (SSSR count). The minimum atomic E-state index is -0.0596. The highest BCUT2D eigenvalue weighted by Crippen LogP contribution is 2.33. The molecule has 0 atom stereocenters. The third kappa shape index (κ3) is 3.23. The first-order chi connectivity index (χ1) is 11.7. The summed E-state index contributed by atoms with van der Waals surface area (Å²) in [5, 5.41) is 9.08. The van der Waals surface area contributed by atoms with E-state index in [4.69, 9.17) is 0 Å². The van der Waals surface area contributed by atoms with E-state index in [0.29, 0.717) is 5.92 Å². The van der Waals surface area contributed by atoms with Gasteiger partial charge in [-0.25, -0.2) is 9.50 Å². The number of aryl methyl sites for hydroxylation is 2. The van der Waals surface area contributed by atoms with E-state index in [2.05, 4.69) is 27.3 Å². The van der Waals surface area contributed by atoms with Crippen LogP contribution in [0.3, 0.4) is 0 Å². The summed E-state index contributed by atoms with van der Waals surface area (Å²) in [6, 6.07) is 1.71. The minimum Gasteiger partial charge on any atom is -0.317 e. The normalized spacial score (nSPS) is 15.4. The molecular weight excluding hydrogens is 358 g/mol. The average molecular weight is 380 g/mol. The fraction of sp³-hybridized carbons (Fsp3) is 0.471. The van der Waals surface area contributed by atoms with Gasteiger partial charge in [0, 0.05) is 12.0 Å². The summed E-state index contributed by atoms with van der Waals surface area (Å²) < 4.78 is 1.91. The first kappa shape index (κ1) is 18.1. The predicted molar refractivity (Wildman–Crippen MR) is 103 cm³/mol. The summed E-state index contributed by atoms with van der Waals surface area (Å²) in [6.45, 7) is 6.10. The maximum absolute atomic E-state index is 12.3. The topological polar surface area (TPSA) is 75.1 Å². The number of H-pyrrole nitrogens is 1. The fourth-order valence-electron chi connectivity index (χ4n) is 3.44. The number of piperidine rings is 1. The second-order valence-electron chi connectivity index (χ2n) is 6.28. The van der Waals surface area contributed by atoms with Gasteiger partial charge in [0.1, 0.15) is 5.65 Å². The lowest BCUT2D eigenvalue weighted by molar-refractivity contribution is 0.446. The van der Waals surface area contributed by atoms with Crippen LogP contribution >= 0.6 is 23.7 Å². The molecule has 0 aliphatic carbocycles. The highest BCUT2D eigenvalue weighted by atomic mass is 35.5. The molecule has 0 amide bonds. The van der Waals surface area contributed by atoms with E-state index in [1.807, 2.05) is 17.6 Å². The van der Waals surface area contributed by atoms with Gasteiger partial charge in [0.2, 0.25) is 0 Å². The number of hydrogen-bond acceptors (Lipinski definition) is 5. The van der Waals surface area contributed by atoms with Gasteiger partial charge in [-0.05, 0) is 39.3 Å². The SMILES string of the molecule is CCc1nc(C)c(-c2cnn3c(C4CCNCC4)cc(=O)[nH]c23)s1.Cl. The van der Waals surface area contributed by atoms with Crippen molar-refractivity contribution in [3.05, 3.63) is 39.0 Å². The molecule has 2 N–H and O–H groups in total. The van der Waals surface area contributed by atoms with Crippen molar-refractivity contribution >= 4 is 29.4 Å². The zero-order valence-corrected chi connectivity index (χ0v) is 16.0. The molecule has 0 saturated carbocycles. The number of nitrogens with one attached hydrogen (secondary N) is 2. The molecule has 0 spiro atoms. The molecule has 6 nitrogen and oxygen atoms in total. The van der Waals surface area contributed by atoms with Crippen LogP contribution in [0.15, 0.2) is 17.1 Å². The molecule has 1 aliphatic heterocycles. The van der Waals surface area contributed by atoms with E-state index in [1.165, 1.54) is 0 Å². The fourth-order valence-corrected chi connectivity index (χ4v) is 4.46. The van der Waals surface area contributed by atoms with Gasteiger partial charge in [0.15, 0.2) is 0 Å². The molecule has 0 bridgehead atoms. The molecule has 8 heteroatoms. The van der Waals surface area contributed by atoms with Crippen LogP contribution in [0.1, 0.15) is 42.1 Å². The standard InChI is InChI=1S/C17H21N5OS.ClH/c1-3-15-20-10(2)16(24-15)12-9-19-22-13(8-14(23)21-17(12)22)11-4-6-18-7-5-11;/h8-9,11,18H,3-7H2,1-2H3,(H,21,23);1H. The van der Waals surface area contributed by atoms with Crippen molar-refractivity contribution in [3.8, 4) is 10.4 Å². The highest BCUT2D eigenvalue weighted by Gasteiger charge is 2.22. The molecule has 3 aromatic rings. The monoisotopic (exact) mass is 379 g/mol. The van der Waals surface area contributed by atoms with Crippen LogP contribution in [0.4, 0.5) is 0 Å². The lowest BCUT2D eigenvalue weighted by Crippen LogP contribution is -2.28. The smallest absolute Gasteiger partial charge is 0.251 e. The molecule has 1 fully saturated rings. The van der Waals surface area contributed by atoms with Gasteiger partial charge in [-0.3, -0.25) is 4.79 Å². The summed E-state index contributed by atoms with van der Waals surface area (Å²) in [4.78, 5) is 20.9. The molecule has 1 saturated heterocycles. The average Bonchev–Trinajstić information content (AvgIpc) is 3.17. The van der Waals surface area contributed by atoms with Crippen molar-refractivity contribution in [1.82, 2.24) is 24.9 Å². The van der Waals surface area contributed by atoms with Crippen LogP contribution in [0.2, 0.25) is 0 Å². The van der Waals surface area contributed by atoms with Crippen molar-refractivity contribution in [2.45, 2.75) is 39.0 Å². The number of fused-ring (bicyclic) bond motifs is 1. The third-order valence-corrected chi connectivity index (χ3v) is 6.01.